The minimum absolute atomic E-state index is 0.0594. The van der Waals surface area contributed by atoms with Gasteiger partial charge in [0.2, 0.25) is 0 Å². The van der Waals surface area contributed by atoms with Crippen LogP contribution in [0.2, 0.25) is 0 Å². The van der Waals surface area contributed by atoms with E-state index in [1.165, 1.54) is 22.3 Å². The third-order valence-electron chi connectivity index (χ3n) is 17.5. The molecule has 8 aromatic carbocycles. The van der Waals surface area contributed by atoms with Gasteiger partial charge in [-0.1, -0.05) is 180 Å². The molecule has 88 heavy (non-hydrogen) atoms. The number of benzene rings is 8. The topological polar surface area (TPSA) is 64.5 Å². The van der Waals surface area contributed by atoms with Crippen molar-refractivity contribution in [2.75, 3.05) is 19.6 Å². The van der Waals surface area contributed by atoms with Crippen molar-refractivity contribution in [3.8, 4) is 0 Å². The maximum atomic E-state index is 5.29. The molecule has 442 valence electrons. The minimum Gasteiger partial charge on any atom is -0.294 e. The summed E-state index contributed by atoms with van der Waals surface area (Å²) in [7, 11) is 0. The molecule has 0 amide bonds. The summed E-state index contributed by atoms with van der Waals surface area (Å²) in [5, 5.41) is 6.46. The lowest BCUT2D eigenvalue weighted by atomic mass is 9.86. The van der Waals surface area contributed by atoms with E-state index < -0.39 is 0 Å². The Balaban J connectivity index is 1.30. The molecule has 12 aromatic rings. The van der Waals surface area contributed by atoms with Crippen LogP contribution in [-0.4, -0.2) is 19.9 Å². The second-order valence-electron chi connectivity index (χ2n) is 28.0. The number of rotatable bonds is 12. The number of aryl methyl sites for hydroxylation is 4. The van der Waals surface area contributed by atoms with Gasteiger partial charge in [-0.15, -0.1) is 0 Å². The molecule has 0 spiro atoms. The van der Waals surface area contributed by atoms with Crippen LogP contribution in [0.15, 0.2) is 207 Å². The largest absolute Gasteiger partial charge is 0.294 e. The van der Waals surface area contributed by atoms with Gasteiger partial charge in [-0.3, -0.25) is 19.6 Å². The average Bonchev–Trinajstić information content (AvgIpc) is 0.705. The number of hydrogen-bond acceptors (Lipinski definition) is 8. The van der Waals surface area contributed by atoms with Gasteiger partial charge in [-0.25, -0.2) is 19.9 Å². The highest BCUT2D eigenvalue weighted by Crippen LogP contribution is 2.55. The Morgan fingerprint density at radius 3 is 0.614 bits per heavy atom. The summed E-state index contributed by atoms with van der Waals surface area (Å²) in [6.07, 6.45) is 7.66. The van der Waals surface area contributed by atoms with Gasteiger partial charge >= 0.3 is 0 Å². The van der Waals surface area contributed by atoms with Crippen molar-refractivity contribution < 1.29 is 0 Å². The zero-order chi connectivity index (χ0) is 62.2. The molecule has 0 N–H and O–H groups in total. The van der Waals surface area contributed by atoms with Gasteiger partial charge in [0.15, 0.2) is 0 Å². The van der Waals surface area contributed by atoms with Gasteiger partial charge < -0.3 is 0 Å². The van der Waals surface area contributed by atoms with Crippen LogP contribution in [0.3, 0.4) is 0 Å². The van der Waals surface area contributed by atoms with Crippen molar-refractivity contribution in [2.24, 2.45) is 0 Å². The zero-order valence-electron chi connectivity index (χ0n) is 54.2. The van der Waals surface area contributed by atoms with Gasteiger partial charge in [-0.05, 0) is 179 Å². The number of nitrogens with zero attached hydrogens (tertiary/aromatic N) is 8. The van der Waals surface area contributed by atoms with Crippen molar-refractivity contribution in [3.05, 3.63) is 251 Å². The van der Waals surface area contributed by atoms with Crippen LogP contribution in [0.1, 0.15) is 128 Å². The first-order valence-electron chi connectivity index (χ1n) is 30.9. The summed E-state index contributed by atoms with van der Waals surface area (Å²) >= 11 is 0. The SMILES string of the molecule is Cc1cccnc1N(c1ccc(C(C)(C)C)cc1)c1cc(N(c2ccc(C(C)(C)C)cc2)c2ncccc2C)c2ccc3c(N(c4ccc(C(C)(C)C)cc4)c4ncccc4C)cc(N(c4ccc(C(C)(C)C)cc4)c4ncccc4C)c4ccc1c2c43. The van der Waals surface area contributed by atoms with Gasteiger partial charge in [0.25, 0.3) is 0 Å². The van der Waals surface area contributed by atoms with Gasteiger partial charge in [0.1, 0.15) is 23.3 Å². The molecule has 4 aromatic heterocycles. The molecule has 8 heteroatoms. The predicted molar refractivity (Wildman–Crippen MR) is 374 cm³/mol. The summed E-state index contributed by atoms with van der Waals surface area (Å²) < 4.78 is 0. The molecule has 0 unspecified atom stereocenters. The third-order valence-corrected chi connectivity index (χ3v) is 17.5. The second-order valence-corrected chi connectivity index (χ2v) is 28.0. The molecule has 0 atom stereocenters. The molecular weight excluding hydrogens is 1070 g/mol. The molecule has 0 bridgehead atoms. The molecule has 0 aliphatic rings. The van der Waals surface area contributed by atoms with Crippen LogP contribution in [0.4, 0.5) is 68.8 Å². The van der Waals surface area contributed by atoms with E-state index in [1.54, 1.807) is 0 Å². The standard InChI is InChI=1S/C80H82N8/c1-51-21-17-45-81-73(51)85(59-33-25-55(26-34-59)77(5,6)7)67-49-68(86(74-52(2)22-18-46-82-74)60-35-27-56(28-36-60)78(8,9)10)64-43-44-66-70(88(76-54(4)24-20-48-84-76)62-39-31-58(32-40-62)80(14,15)16)50-69(65-42-41-63(67)71(64)72(65)66)87(75-53(3)23-19-47-83-75)61-37-29-57(30-38-61)79(11,12)13/h17-50H,1-16H3. The summed E-state index contributed by atoms with van der Waals surface area (Å²) in [5.41, 5.74) is 16.9. The maximum absolute atomic E-state index is 5.29. The molecule has 0 saturated carbocycles. The molecule has 0 radical (unpaired) electrons. The number of pyridine rings is 4. The maximum Gasteiger partial charge on any atom is 0.140 e. The molecular formula is C80H82N8. The summed E-state index contributed by atoms with van der Waals surface area (Å²) in [5.74, 6) is 3.37. The predicted octanol–water partition coefficient (Wildman–Crippen LogP) is 22.5. The second kappa shape index (κ2) is 22.4. The Kier molecular flexibility index (Phi) is 15.0. The average molecular weight is 1160 g/mol. The molecule has 0 aliphatic carbocycles. The molecule has 8 nitrogen and oxygen atoms in total. The first kappa shape index (κ1) is 59.0. The van der Waals surface area contributed by atoms with Crippen molar-refractivity contribution in [1.29, 1.82) is 0 Å². The first-order chi connectivity index (χ1) is 41.9. The van der Waals surface area contributed by atoms with E-state index in [2.05, 4.69) is 288 Å². The van der Waals surface area contributed by atoms with Crippen LogP contribution in [0.5, 0.6) is 0 Å². The molecule has 0 fully saturated rings. The lowest BCUT2D eigenvalue weighted by Gasteiger charge is -2.34. The Morgan fingerprint density at radius 2 is 0.443 bits per heavy atom. The Labute approximate surface area is 521 Å². The van der Waals surface area contributed by atoms with E-state index in [9.17, 15) is 0 Å². The fourth-order valence-corrected chi connectivity index (χ4v) is 12.4. The quantitative estimate of drug-likeness (QED) is 0.112. The van der Waals surface area contributed by atoms with Gasteiger partial charge in [-0.2, -0.15) is 0 Å². The van der Waals surface area contributed by atoms with Crippen LogP contribution < -0.4 is 19.6 Å². The highest BCUT2D eigenvalue weighted by molar-refractivity contribution is 6.33. The number of anilines is 12. The number of aromatic nitrogens is 4. The van der Waals surface area contributed by atoms with Crippen LogP contribution in [0.25, 0.3) is 32.3 Å². The van der Waals surface area contributed by atoms with Crippen LogP contribution in [0, 0.1) is 27.7 Å². The lowest BCUT2D eigenvalue weighted by molar-refractivity contribution is 0.590. The van der Waals surface area contributed by atoms with Gasteiger partial charge in [0.05, 0.1) is 22.7 Å². The van der Waals surface area contributed by atoms with Gasteiger partial charge in [0, 0.05) is 79.9 Å². The smallest absolute Gasteiger partial charge is 0.140 e. The van der Waals surface area contributed by atoms with E-state index in [1.807, 2.05) is 49.1 Å². The van der Waals surface area contributed by atoms with Crippen LogP contribution >= 0.6 is 0 Å². The van der Waals surface area contributed by atoms with E-state index in [4.69, 9.17) is 19.9 Å². The fraction of sp³-hybridized carbons (Fsp3) is 0.250. The molecule has 0 aliphatic heterocycles. The third kappa shape index (κ3) is 10.9. The number of hydrogen-bond donors (Lipinski definition) is 0. The fourth-order valence-electron chi connectivity index (χ4n) is 12.4. The first-order valence-corrected chi connectivity index (χ1v) is 30.9. The van der Waals surface area contributed by atoms with Crippen molar-refractivity contribution in [2.45, 2.75) is 132 Å². The monoisotopic (exact) mass is 1150 g/mol. The van der Waals surface area contributed by atoms with E-state index in [-0.39, 0.29) is 21.7 Å². The molecule has 12 rings (SSSR count). The highest BCUT2D eigenvalue weighted by atomic mass is 15.2. The molecule has 4 heterocycles. The summed E-state index contributed by atoms with van der Waals surface area (Å²) in [6, 6.07) is 67.4. The van der Waals surface area contributed by atoms with Crippen molar-refractivity contribution >= 4 is 101 Å². The zero-order valence-corrected chi connectivity index (χ0v) is 54.2. The Morgan fingerprint density at radius 1 is 0.250 bits per heavy atom. The normalized spacial score (nSPS) is 12.3. The Bertz CT molecular complexity index is 3940. The summed E-state index contributed by atoms with van der Waals surface area (Å²) in [6.45, 7) is 35.9. The van der Waals surface area contributed by atoms with Crippen molar-refractivity contribution in [1.82, 2.24) is 19.9 Å². The lowest BCUT2D eigenvalue weighted by Crippen LogP contribution is -2.19. The summed E-state index contributed by atoms with van der Waals surface area (Å²) in [4.78, 5) is 30.7. The Hall–Kier alpha value is -9.40. The molecule has 0 saturated heterocycles. The van der Waals surface area contributed by atoms with Crippen molar-refractivity contribution in [3.63, 3.8) is 0 Å². The minimum atomic E-state index is -0.0594. The van der Waals surface area contributed by atoms with E-state index in [0.717, 1.165) is 123 Å². The van der Waals surface area contributed by atoms with E-state index in [0.29, 0.717) is 0 Å². The van der Waals surface area contributed by atoms with E-state index >= 15 is 0 Å². The highest BCUT2D eigenvalue weighted by Gasteiger charge is 2.32. The van der Waals surface area contributed by atoms with Crippen LogP contribution in [-0.2, 0) is 21.7 Å².